The lowest BCUT2D eigenvalue weighted by molar-refractivity contribution is 0.0378. The maximum atomic E-state index is 15.9. The molecule has 2 aliphatic rings. The molecule has 0 spiro atoms. The van der Waals surface area contributed by atoms with Gasteiger partial charge in [0, 0.05) is 37.9 Å². The number of esters is 2. The standard InChI is InChI=1S/C33H39FN4O8S2/c1-15(2)45-31(42)23-18(6)28(32(43)46-16(3)4)48-29(23)35-33(47)37-11-10-36(13-17(37)5)25-22(34)12-20-24(27(25)44-7)38(19-8-9-19)14-21(26(20)39)30(40)41/h12,14-17,19H,8-11,13H2,1-7H3,(H,35,47)(H,40,41)/t17-/m1/s1. The quantitative estimate of drug-likeness (QED) is 0.212. The third-order valence-corrected chi connectivity index (χ3v) is 9.74. The Hall–Kier alpha value is -4.24. The maximum Gasteiger partial charge on any atom is 0.348 e. The first-order chi connectivity index (χ1) is 22.6. The molecular weight excluding hydrogens is 664 g/mol. The van der Waals surface area contributed by atoms with Crippen LogP contribution in [-0.2, 0) is 9.47 Å². The van der Waals surface area contributed by atoms with Crippen molar-refractivity contribution >= 4 is 68.2 Å². The van der Waals surface area contributed by atoms with Crippen molar-refractivity contribution in [2.75, 3.05) is 37.0 Å². The number of thiophene rings is 1. The summed E-state index contributed by atoms with van der Waals surface area (Å²) in [6, 6.07) is 0.827. The van der Waals surface area contributed by atoms with Gasteiger partial charge in [-0.3, -0.25) is 4.79 Å². The lowest BCUT2D eigenvalue weighted by Crippen LogP contribution is -2.55. The predicted molar refractivity (Wildman–Crippen MR) is 185 cm³/mol. The molecule has 48 heavy (non-hydrogen) atoms. The summed E-state index contributed by atoms with van der Waals surface area (Å²) in [5.41, 5.74) is -0.0223. The highest BCUT2D eigenvalue weighted by Gasteiger charge is 2.35. The number of piperazine rings is 1. The van der Waals surface area contributed by atoms with E-state index in [9.17, 15) is 24.3 Å². The van der Waals surface area contributed by atoms with Crippen molar-refractivity contribution in [3.63, 3.8) is 0 Å². The van der Waals surface area contributed by atoms with Crippen LogP contribution in [0.2, 0.25) is 0 Å². The third-order valence-electron chi connectivity index (χ3n) is 8.22. The van der Waals surface area contributed by atoms with Crippen LogP contribution < -0.4 is 20.4 Å². The number of hydrogen-bond acceptors (Lipinski definition) is 10. The van der Waals surface area contributed by atoms with Crippen LogP contribution in [0.1, 0.15) is 89.5 Å². The van der Waals surface area contributed by atoms with Crippen molar-refractivity contribution in [1.82, 2.24) is 9.47 Å². The molecule has 0 unspecified atom stereocenters. The molecule has 15 heteroatoms. The van der Waals surface area contributed by atoms with Crippen LogP contribution in [-0.4, -0.2) is 82.6 Å². The topological polar surface area (TPSA) is 140 Å². The van der Waals surface area contributed by atoms with Crippen LogP contribution in [0.3, 0.4) is 0 Å². The number of halogens is 1. The van der Waals surface area contributed by atoms with Crippen LogP contribution >= 0.6 is 23.6 Å². The minimum atomic E-state index is -1.37. The van der Waals surface area contributed by atoms with Crippen molar-refractivity contribution < 1.29 is 38.1 Å². The molecular formula is C33H39FN4O8S2. The second-order valence-electron chi connectivity index (χ2n) is 12.5. The minimum Gasteiger partial charge on any atom is -0.492 e. The van der Waals surface area contributed by atoms with Gasteiger partial charge in [-0.05, 0) is 78.2 Å². The van der Waals surface area contributed by atoms with Gasteiger partial charge in [-0.25, -0.2) is 18.8 Å². The Bertz CT molecular complexity index is 1870. The van der Waals surface area contributed by atoms with Gasteiger partial charge in [0.1, 0.15) is 21.1 Å². The second kappa shape index (κ2) is 13.7. The fraction of sp³-hybridized carbons (Fsp3) is 0.485. The highest BCUT2D eigenvalue weighted by atomic mass is 32.1. The second-order valence-corrected chi connectivity index (χ2v) is 13.9. The molecule has 0 bridgehead atoms. The minimum absolute atomic E-state index is 0.0195. The number of nitrogens with one attached hydrogen (secondary N) is 1. The van der Waals surface area contributed by atoms with E-state index in [1.807, 2.05) is 16.7 Å². The number of pyridine rings is 1. The molecule has 3 aromatic rings. The number of fused-ring (bicyclic) bond motifs is 1. The number of hydrogen-bond donors (Lipinski definition) is 2. The van der Waals surface area contributed by atoms with Gasteiger partial charge < -0.3 is 39.0 Å². The van der Waals surface area contributed by atoms with Gasteiger partial charge in [-0.15, -0.1) is 11.3 Å². The van der Waals surface area contributed by atoms with E-state index in [4.69, 9.17) is 26.4 Å². The summed E-state index contributed by atoms with van der Waals surface area (Å²) in [5.74, 6) is -3.06. The molecule has 1 aliphatic heterocycles. The Morgan fingerprint density at radius 2 is 1.75 bits per heavy atom. The Morgan fingerprint density at radius 1 is 1.10 bits per heavy atom. The number of nitrogens with zero attached hydrogens (tertiary/aromatic N) is 3. The van der Waals surface area contributed by atoms with E-state index in [1.165, 1.54) is 13.3 Å². The van der Waals surface area contributed by atoms with E-state index in [0.29, 0.717) is 40.8 Å². The molecule has 2 aromatic heterocycles. The lowest BCUT2D eigenvalue weighted by Gasteiger charge is -2.42. The first-order valence-corrected chi connectivity index (χ1v) is 16.9. The molecule has 2 fully saturated rings. The number of aromatic nitrogens is 1. The molecule has 3 heterocycles. The zero-order valence-electron chi connectivity index (χ0n) is 27.8. The van der Waals surface area contributed by atoms with Gasteiger partial charge in [0.25, 0.3) is 0 Å². The molecule has 0 amide bonds. The van der Waals surface area contributed by atoms with Gasteiger partial charge in [-0.2, -0.15) is 0 Å². The average Bonchev–Trinajstić information content (AvgIpc) is 3.78. The van der Waals surface area contributed by atoms with E-state index in [-0.39, 0.29) is 51.6 Å². The first kappa shape index (κ1) is 35.1. The summed E-state index contributed by atoms with van der Waals surface area (Å²) < 4.78 is 34.3. The molecule has 1 saturated heterocycles. The zero-order chi connectivity index (χ0) is 35.2. The van der Waals surface area contributed by atoms with Crippen molar-refractivity contribution in [2.24, 2.45) is 0 Å². The van der Waals surface area contributed by atoms with Gasteiger partial charge in [0.2, 0.25) is 5.43 Å². The predicted octanol–water partition coefficient (Wildman–Crippen LogP) is 5.59. The summed E-state index contributed by atoms with van der Waals surface area (Å²) in [5, 5.41) is 13.4. The fourth-order valence-corrected chi connectivity index (χ4v) is 7.45. The Labute approximate surface area is 286 Å². The van der Waals surface area contributed by atoms with E-state index < -0.39 is 34.7 Å². The van der Waals surface area contributed by atoms with Gasteiger partial charge in [0.05, 0.1) is 35.8 Å². The van der Waals surface area contributed by atoms with Crippen molar-refractivity contribution in [1.29, 1.82) is 0 Å². The number of anilines is 2. The molecule has 0 radical (unpaired) electrons. The van der Waals surface area contributed by atoms with Crippen molar-refractivity contribution in [2.45, 2.75) is 78.7 Å². The molecule has 1 atom stereocenters. The summed E-state index contributed by atoms with van der Waals surface area (Å²) in [6.45, 7) is 11.5. The summed E-state index contributed by atoms with van der Waals surface area (Å²) in [6.07, 6.45) is 2.18. The molecule has 1 saturated carbocycles. The number of aromatic carboxylic acids is 1. The number of methoxy groups -OCH3 is 1. The van der Waals surface area contributed by atoms with Crippen LogP contribution in [0.15, 0.2) is 17.1 Å². The fourth-order valence-electron chi connectivity index (χ4n) is 5.94. The maximum absolute atomic E-state index is 15.9. The Kier molecular flexibility index (Phi) is 10.0. The normalized spacial score (nSPS) is 16.4. The Morgan fingerprint density at radius 3 is 2.31 bits per heavy atom. The third kappa shape index (κ3) is 6.70. The molecule has 1 aliphatic carbocycles. The SMILES string of the molecule is COc1c(N2CCN(C(=S)Nc3sc(C(=O)OC(C)C)c(C)c3C(=O)OC(C)C)[C@H](C)C2)c(F)cc2c(=O)c(C(=O)O)cn(C3CC3)c12. The van der Waals surface area contributed by atoms with E-state index in [2.05, 4.69) is 5.32 Å². The highest BCUT2D eigenvalue weighted by molar-refractivity contribution is 7.80. The summed E-state index contributed by atoms with van der Waals surface area (Å²) in [7, 11) is 1.40. The largest absolute Gasteiger partial charge is 0.492 e. The first-order valence-electron chi connectivity index (χ1n) is 15.7. The number of carboxylic acid groups (broad SMARTS) is 1. The molecule has 2 N–H and O–H groups in total. The van der Waals surface area contributed by atoms with E-state index in [1.54, 1.807) is 39.2 Å². The van der Waals surface area contributed by atoms with Crippen molar-refractivity contribution in [3.8, 4) is 5.75 Å². The van der Waals surface area contributed by atoms with Crippen LogP contribution in [0, 0.1) is 12.7 Å². The monoisotopic (exact) mass is 702 g/mol. The zero-order valence-corrected chi connectivity index (χ0v) is 29.5. The van der Waals surface area contributed by atoms with Gasteiger partial charge in [-0.1, -0.05) is 0 Å². The average molecular weight is 703 g/mol. The summed E-state index contributed by atoms with van der Waals surface area (Å²) >= 11 is 6.86. The summed E-state index contributed by atoms with van der Waals surface area (Å²) in [4.78, 5) is 54.9. The molecule has 5 rings (SSSR count). The van der Waals surface area contributed by atoms with Gasteiger partial charge >= 0.3 is 17.9 Å². The number of carbonyl (C=O) groups is 3. The van der Waals surface area contributed by atoms with Crippen LogP contribution in [0.5, 0.6) is 5.75 Å². The smallest absolute Gasteiger partial charge is 0.348 e. The number of ether oxygens (including phenoxy) is 3. The lowest BCUT2D eigenvalue weighted by atomic mass is 10.1. The Balaban J connectivity index is 1.44. The number of thiocarbonyl (C=S) groups is 1. The van der Waals surface area contributed by atoms with E-state index in [0.717, 1.165) is 30.2 Å². The number of carbonyl (C=O) groups excluding carboxylic acids is 2. The molecule has 1 aromatic carbocycles. The van der Waals surface area contributed by atoms with Gasteiger partial charge in [0.15, 0.2) is 16.7 Å². The number of rotatable bonds is 9. The van der Waals surface area contributed by atoms with E-state index >= 15 is 4.39 Å². The number of carboxylic acids is 1. The van der Waals surface area contributed by atoms with Crippen molar-refractivity contribution in [3.05, 3.63) is 49.9 Å². The van der Waals surface area contributed by atoms with Crippen LogP contribution in [0.25, 0.3) is 10.9 Å². The van der Waals surface area contributed by atoms with Crippen LogP contribution in [0.4, 0.5) is 15.1 Å². The molecule has 258 valence electrons. The highest BCUT2D eigenvalue weighted by Crippen LogP contribution is 2.44. The molecule has 12 nitrogen and oxygen atoms in total. The number of benzene rings is 1.